The number of allylic oxidation sites excluding steroid dienone is 1. The van der Waals surface area contributed by atoms with Gasteiger partial charge >= 0.3 is 0 Å². The van der Waals surface area contributed by atoms with Crippen LogP contribution < -0.4 is 9.47 Å². The van der Waals surface area contributed by atoms with Crippen LogP contribution >= 0.6 is 0 Å². The molecule has 0 saturated carbocycles. The number of aryl methyl sites for hydroxylation is 2. The fourth-order valence-corrected chi connectivity index (χ4v) is 2.47. The molecule has 3 rings (SSSR count). The van der Waals surface area contributed by atoms with E-state index in [0.717, 1.165) is 22.4 Å². The monoisotopic (exact) mass is 294 g/mol. The standard InChI is InChI=1S/C19H18O3/c1-4-21-16-8-6-5-7-14(16)11-18-19(20)15-9-12(2)13(3)10-17(15)22-18/h5-11H,4H2,1-3H3/b18-11-. The summed E-state index contributed by atoms with van der Waals surface area (Å²) < 4.78 is 11.3. The summed E-state index contributed by atoms with van der Waals surface area (Å²) in [5.41, 5.74) is 3.67. The lowest BCUT2D eigenvalue weighted by molar-refractivity contribution is 0.101. The zero-order chi connectivity index (χ0) is 15.7. The highest BCUT2D eigenvalue weighted by atomic mass is 16.5. The van der Waals surface area contributed by atoms with Crippen molar-refractivity contribution in [1.29, 1.82) is 0 Å². The lowest BCUT2D eigenvalue weighted by Gasteiger charge is -2.07. The van der Waals surface area contributed by atoms with E-state index >= 15 is 0 Å². The smallest absolute Gasteiger partial charge is 0.231 e. The molecular weight excluding hydrogens is 276 g/mol. The van der Waals surface area contributed by atoms with E-state index in [-0.39, 0.29) is 5.78 Å². The summed E-state index contributed by atoms with van der Waals surface area (Å²) in [7, 11) is 0. The zero-order valence-corrected chi connectivity index (χ0v) is 13.0. The van der Waals surface area contributed by atoms with E-state index in [1.54, 1.807) is 6.08 Å². The van der Waals surface area contributed by atoms with Gasteiger partial charge in [-0.25, -0.2) is 0 Å². The Labute approximate surface area is 130 Å². The number of para-hydroxylation sites is 1. The van der Waals surface area contributed by atoms with Crippen LogP contribution in [0.15, 0.2) is 42.2 Å². The Bertz CT molecular complexity index is 772. The van der Waals surface area contributed by atoms with Crippen molar-refractivity contribution in [2.75, 3.05) is 6.61 Å². The predicted molar refractivity (Wildman–Crippen MR) is 86.5 cm³/mol. The Kier molecular flexibility index (Phi) is 3.72. The third kappa shape index (κ3) is 2.50. The van der Waals surface area contributed by atoms with Crippen molar-refractivity contribution in [1.82, 2.24) is 0 Å². The molecule has 0 amide bonds. The highest BCUT2D eigenvalue weighted by Crippen LogP contribution is 2.34. The van der Waals surface area contributed by atoms with Gasteiger partial charge in [-0.05, 0) is 56.2 Å². The Morgan fingerprint density at radius 3 is 2.64 bits per heavy atom. The number of rotatable bonds is 3. The summed E-state index contributed by atoms with van der Waals surface area (Å²) in [5, 5.41) is 0. The van der Waals surface area contributed by atoms with Crippen molar-refractivity contribution in [3.8, 4) is 11.5 Å². The third-order valence-electron chi connectivity index (χ3n) is 3.79. The van der Waals surface area contributed by atoms with Gasteiger partial charge in [-0.3, -0.25) is 4.79 Å². The van der Waals surface area contributed by atoms with Crippen LogP contribution in [0.2, 0.25) is 0 Å². The molecule has 0 aliphatic carbocycles. The van der Waals surface area contributed by atoms with Crippen LogP contribution in [0, 0.1) is 13.8 Å². The molecule has 2 aromatic rings. The summed E-state index contributed by atoms with van der Waals surface area (Å²) >= 11 is 0. The number of fused-ring (bicyclic) bond motifs is 1. The SMILES string of the molecule is CCOc1ccccc1/C=C1\Oc2cc(C)c(C)cc2C1=O. The molecule has 0 spiro atoms. The van der Waals surface area contributed by atoms with Crippen molar-refractivity contribution in [3.63, 3.8) is 0 Å². The van der Waals surface area contributed by atoms with Crippen LogP contribution in [0.3, 0.4) is 0 Å². The molecule has 1 aliphatic heterocycles. The topological polar surface area (TPSA) is 35.5 Å². The second-order valence-corrected chi connectivity index (χ2v) is 5.34. The molecule has 1 heterocycles. The molecule has 0 atom stereocenters. The van der Waals surface area contributed by atoms with Crippen LogP contribution in [0.4, 0.5) is 0 Å². The van der Waals surface area contributed by atoms with E-state index in [1.807, 2.05) is 57.2 Å². The van der Waals surface area contributed by atoms with Crippen LogP contribution in [0.1, 0.15) is 34.0 Å². The molecule has 0 bridgehead atoms. The summed E-state index contributed by atoms with van der Waals surface area (Å²) in [5.74, 6) is 1.64. The molecule has 0 saturated heterocycles. The van der Waals surface area contributed by atoms with Crippen molar-refractivity contribution >= 4 is 11.9 Å². The molecule has 0 fully saturated rings. The number of hydrogen-bond acceptors (Lipinski definition) is 3. The number of carbonyl (C=O) groups excluding carboxylic acids is 1. The van der Waals surface area contributed by atoms with Gasteiger partial charge in [0.1, 0.15) is 11.5 Å². The van der Waals surface area contributed by atoms with Crippen molar-refractivity contribution < 1.29 is 14.3 Å². The van der Waals surface area contributed by atoms with E-state index in [0.29, 0.717) is 23.7 Å². The number of benzene rings is 2. The molecule has 0 unspecified atom stereocenters. The minimum Gasteiger partial charge on any atom is -0.493 e. The van der Waals surface area contributed by atoms with Gasteiger partial charge in [-0.15, -0.1) is 0 Å². The molecule has 0 aromatic heterocycles. The molecule has 0 N–H and O–H groups in total. The van der Waals surface area contributed by atoms with Gasteiger partial charge in [-0.2, -0.15) is 0 Å². The predicted octanol–water partition coefficient (Wildman–Crippen LogP) is 4.32. The normalized spacial score (nSPS) is 14.9. The fourth-order valence-electron chi connectivity index (χ4n) is 2.47. The van der Waals surface area contributed by atoms with Gasteiger partial charge < -0.3 is 9.47 Å². The Hall–Kier alpha value is -2.55. The maximum absolute atomic E-state index is 12.5. The average molecular weight is 294 g/mol. The second kappa shape index (κ2) is 5.68. The van der Waals surface area contributed by atoms with Gasteiger partial charge in [0.15, 0.2) is 5.76 Å². The molecule has 112 valence electrons. The number of ether oxygens (including phenoxy) is 2. The minimum atomic E-state index is -0.0793. The van der Waals surface area contributed by atoms with Crippen molar-refractivity contribution in [2.24, 2.45) is 0 Å². The minimum absolute atomic E-state index is 0.0793. The zero-order valence-electron chi connectivity index (χ0n) is 13.0. The van der Waals surface area contributed by atoms with Gasteiger partial charge in [0.2, 0.25) is 5.78 Å². The van der Waals surface area contributed by atoms with Crippen molar-refractivity contribution in [3.05, 3.63) is 64.4 Å². The first-order valence-electron chi connectivity index (χ1n) is 7.37. The van der Waals surface area contributed by atoms with Crippen LogP contribution in [0.5, 0.6) is 11.5 Å². The number of carbonyl (C=O) groups is 1. The first-order chi connectivity index (χ1) is 10.6. The molecular formula is C19H18O3. The fraction of sp³-hybridized carbons (Fsp3) is 0.211. The number of ketones is 1. The Balaban J connectivity index is 2.00. The highest BCUT2D eigenvalue weighted by Gasteiger charge is 2.28. The summed E-state index contributed by atoms with van der Waals surface area (Å²) in [6.07, 6.45) is 1.75. The number of Topliss-reactive ketones (excluding diaryl/α,β-unsaturated/α-hetero) is 1. The van der Waals surface area contributed by atoms with Crippen molar-refractivity contribution in [2.45, 2.75) is 20.8 Å². The lowest BCUT2D eigenvalue weighted by atomic mass is 10.0. The van der Waals surface area contributed by atoms with E-state index < -0.39 is 0 Å². The van der Waals surface area contributed by atoms with Gasteiger partial charge in [0.05, 0.1) is 12.2 Å². The van der Waals surface area contributed by atoms with E-state index in [9.17, 15) is 4.79 Å². The largest absolute Gasteiger partial charge is 0.493 e. The van der Waals surface area contributed by atoms with Gasteiger partial charge in [-0.1, -0.05) is 18.2 Å². The highest BCUT2D eigenvalue weighted by molar-refractivity contribution is 6.14. The number of hydrogen-bond donors (Lipinski definition) is 0. The Morgan fingerprint density at radius 1 is 1.14 bits per heavy atom. The lowest BCUT2D eigenvalue weighted by Crippen LogP contribution is -1.99. The van der Waals surface area contributed by atoms with E-state index in [1.165, 1.54) is 0 Å². The quantitative estimate of drug-likeness (QED) is 0.791. The van der Waals surface area contributed by atoms with E-state index in [4.69, 9.17) is 9.47 Å². The molecule has 2 aromatic carbocycles. The summed E-state index contributed by atoms with van der Waals surface area (Å²) in [6, 6.07) is 11.4. The molecule has 22 heavy (non-hydrogen) atoms. The van der Waals surface area contributed by atoms with Gasteiger partial charge in [0, 0.05) is 5.56 Å². The summed E-state index contributed by atoms with van der Waals surface area (Å²) in [6.45, 7) is 6.51. The Morgan fingerprint density at radius 2 is 1.86 bits per heavy atom. The first-order valence-corrected chi connectivity index (χ1v) is 7.37. The molecule has 3 nitrogen and oxygen atoms in total. The molecule has 0 radical (unpaired) electrons. The average Bonchev–Trinajstić information content (AvgIpc) is 2.78. The third-order valence-corrected chi connectivity index (χ3v) is 3.79. The molecule has 1 aliphatic rings. The maximum atomic E-state index is 12.5. The van der Waals surface area contributed by atoms with Crippen LogP contribution in [-0.4, -0.2) is 12.4 Å². The maximum Gasteiger partial charge on any atom is 0.231 e. The first kappa shape index (κ1) is 14.4. The van der Waals surface area contributed by atoms with Gasteiger partial charge in [0.25, 0.3) is 0 Å². The van der Waals surface area contributed by atoms with Crippen LogP contribution in [0.25, 0.3) is 6.08 Å². The van der Waals surface area contributed by atoms with E-state index in [2.05, 4.69) is 0 Å². The summed E-state index contributed by atoms with van der Waals surface area (Å²) in [4.78, 5) is 12.5. The molecule has 3 heteroatoms. The van der Waals surface area contributed by atoms with Crippen LogP contribution in [-0.2, 0) is 0 Å². The second-order valence-electron chi connectivity index (χ2n) is 5.34.